The summed E-state index contributed by atoms with van der Waals surface area (Å²) in [4.78, 5) is 41.6. The van der Waals surface area contributed by atoms with Gasteiger partial charge in [-0.25, -0.2) is 4.79 Å². The zero-order valence-electron chi connectivity index (χ0n) is 17.7. The molecule has 0 aliphatic carbocycles. The van der Waals surface area contributed by atoms with Crippen LogP contribution in [0, 0.1) is 0 Å². The van der Waals surface area contributed by atoms with Gasteiger partial charge in [-0.3, -0.25) is 14.6 Å². The molecule has 0 bridgehead atoms. The maximum Gasteiger partial charge on any atom is 0.320 e. The maximum atomic E-state index is 12.6. The molecule has 3 rings (SSSR count). The highest BCUT2D eigenvalue weighted by atomic mass is 16.5. The van der Waals surface area contributed by atoms with Gasteiger partial charge >= 0.3 is 12.0 Å². The molecule has 0 saturated carbocycles. The first-order valence-electron chi connectivity index (χ1n) is 10.0. The second kappa shape index (κ2) is 10.3. The molecule has 3 N–H and O–H groups in total. The molecule has 166 valence electrons. The van der Waals surface area contributed by atoms with Gasteiger partial charge in [-0.2, -0.15) is 0 Å². The molecule has 2 amide bonds. The van der Waals surface area contributed by atoms with Gasteiger partial charge in [-0.05, 0) is 25.1 Å². The van der Waals surface area contributed by atoms with E-state index in [2.05, 4.69) is 15.6 Å². The second-order valence-corrected chi connectivity index (χ2v) is 6.97. The summed E-state index contributed by atoms with van der Waals surface area (Å²) in [5.74, 6) is -0.877. The van der Waals surface area contributed by atoms with E-state index >= 15 is 0 Å². The van der Waals surface area contributed by atoms with Crippen molar-refractivity contribution in [3.05, 3.63) is 76.8 Å². The summed E-state index contributed by atoms with van der Waals surface area (Å²) >= 11 is 0. The lowest BCUT2D eigenvalue weighted by Crippen LogP contribution is -2.36. The number of anilines is 1. The number of rotatable bonds is 7. The lowest BCUT2D eigenvalue weighted by atomic mass is 10.1. The van der Waals surface area contributed by atoms with Crippen LogP contribution in [0.25, 0.3) is 11.3 Å². The van der Waals surface area contributed by atoms with Crippen molar-refractivity contribution in [2.45, 2.75) is 19.4 Å². The smallest absolute Gasteiger partial charge is 0.320 e. The number of hydrogen-bond acceptors (Lipinski definition) is 6. The van der Waals surface area contributed by atoms with Crippen molar-refractivity contribution in [1.82, 2.24) is 14.9 Å². The fourth-order valence-corrected chi connectivity index (χ4v) is 3.08. The number of pyridine rings is 2. The minimum absolute atomic E-state index is 0.161. The van der Waals surface area contributed by atoms with Crippen LogP contribution in [-0.2, 0) is 16.6 Å². The Bertz CT molecular complexity index is 1160. The Hall–Kier alpha value is -4.14. The maximum absolute atomic E-state index is 12.6. The number of aromatic hydroxyl groups is 1. The molecule has 0 aliphatic rings. The van der Waals surface area contributed by atoms with E-state index < -0.39 is 23.6 Å². The average Bonchev–Trinajstić information content (AvgIpc) is 2.80. The largest absolute Gasteiger partial charge is 0.505 e. The summed E-state index contributed by atoms with van der Waals surface area (Å²) in [7, 11) is 1.49. The van der Waals surface area contributed by atoms with Gasteiger partial charge in [-0.1, -0.05) is 36.4 Å². The Balaban J connectivity index is 1.87. The highest BCUT2D eigenvalue weighted by molar-refractivity contribution is 5.91. The van der Waals surface area contributed by atoms with Crippen molar-refractivity contribution in [1.29, 1.82) is 0 Å². The number of carbonyl (C=O) groups excluding carboxylic acids is 2. The zero-order valence-corrected chi connectivity index (χ0v) is 17.7. The van der Waals surface area contributed by atoms with Crippen LogP contribution in [0.5, 0.6) is 5.75 Å². The number of ether oxygens (including phenoxy) is 1. The first-order valence-corrected chi connectivity index (χ1v) is 10.0. The van der Waals surface area contributed by atoms with Crippen LogP contribution >= 0.6 is 0 Å². The van der Waals surface area contributed by atoms with Gasteiger partial charge in [0, 0.05) is 18.8 Å². The molecular formula is C23H24N4O5. The van der Waals surface area contributed by atoms with Crippen molar-refractivity contribution in [2.24, 2.45) is 7.05 Å². The molecule has 1 atom stereocenters. The van der Waals surface area contributed by atoms with Crippen molar-refractivity contribution in [3.63, 3.8) is 0 Å². The normalized spacial score (nSPS) is 11.4. The van der Waals surface area contributed by atoms with Crippen molar-refractivity contribution < 1.29 is 19.4 Å². The summed E-state index contributed by atoms with van der Waals surface area (Å²) in [5, 5.41) is 15.0. The highest BCUT2D eigenvalue weighted by Gasteiger charge is 2.22. The number of aromatic nitrogens is 2. The van der Waals surface area contributed by atoms with Gasteiger partial charge in [0.2, 0.25) is 0 Å². The number of esters is 1. The van der Waals surface area contributed by atoms with Crippen LogP contribution in [0.1, 0.15) is 25.1 Å². The third kappa shape index (κ3) is 5.51. The summed E-state index contributed by atoms with van der Waals surface area (Å²) in [6.45, 7) is 1.89. The van der Waals surface area contributed by atoms with E-state index in [4.69, 9.17) is 4.74 Å². The molecule has 3 aromatic rings. The van der Waals surface area contributed by atoms with Crippen molar-refractivity contribution in [3.8, 4) is 17.0 Å². The van der Waals surface area contributed by atoms with Gasteiger partial charge in [0.1, 0.15) is 5.75 Å². The Morgan fingerprint density at radius 1 is 1.12 bits per heavy atom. The number of aryl methyl sites for hydroxylation is 1. The third-order valence-electron chi connectivity index (χ3n) is 4.66. The van der Waals surface area contributed by atoms with E-state index in [1.54, 1.807) is 19.1 Å². The summed E-state index contributed by atoms with van der Waals surface area (Å²) < 4.78 is 6.25. The van der Waals surface area contributed by atoms with Crippen LogP contribution in [0.2, 0.25) is 0 Å². The highest BCUT2D eigenvalue weighted by Crippen LogP contribution is 2.22. The zero-order chi connectivity index (χ0) is 23.1. The molecule has 2 heterocycles. The van der Waals surface area contributed by atoms with E-state index in [0.29, 0.717) is 11.4 Å². The standard InChI is InChI=1S/C23H24N4O5/c1-3-32-20(29)14-18(17-11-7-10-16(24-17)15-8-5-4-6-9-15)25-23(31)26-21-19(28)12-13-27(2)22(21)30/h4-13,18,28H,3,14H2,1-2H3,(H2,25,26,31). The molecule has 1 aromatic carbocycles. The molecule has 0 saturated heterocycles. The summed E-state index contributed by atoms with van der Waals surface area (Å²) in [6, 6.07) is 14.5. The van der Waals surface area contributed by atoms with E-state index in [9.17, 15) is 19.5 Å². The van der Waals surface area contributed by atoms with Crippen LogP contribution in [-0.4, -0.2) is 33.3 Å². The lowest BCUT2D eigenvalue weighted by Gasteiger charge is -2.19. The average molecular weight is 436 g/mol. The van der Waals surface area contributed by atoms with Crippen LogP contribution in [0.4, 0.5) is 10.5 Å². The molecule has 0 radical (unpaired) electrons. The number of nitrogens with zero attached hydrogens (tertiary/aromatic N) is 2. The predicted octanol–water partition coefficient (Wildman–Crippen LogP) is 2.97. The number of urea groups is 1. The Morgan fingerprint density at radius 2 is 1.88 bits per heavy atom. The van der Waals surface area contributed by atoms with Gasteiger partial charge in [0.05, 0.1) is 30.5 Å². The van der Waals surface area contributed by atoms with Crippen LogP contribution in [0.3, 0.4) is 0 Å². The summed E-state index contributed by atoms with van der Waals surface area (Å²) in [5.41, 5.74) is 1.15. The molecular weight excluding hydrogens is 412 g/mol. The van der Waals surface area contributed by atoms with E-state index in [1.807, 2.05) is 36.4 Å². The number of amides is 2. The fourth-order valence-electron chi connectivity index (χ4n) is 3.08. The quantitative estimate of drug-likeness (QED) is 0.490. The number of hydrogen-bond donors (Lipinski definition) is 3. The van der Waals surface area contributed by atoms with Gasteiger partial charge in [0.15, 0.2) is 5.69 Å². The fraction of sp³-hybridized carbons (Fsp3) is 0.217. The predicted molar refractivity (Wildman–Crippen MR) is 119 cm³/mol. The first-order chi connectivity index (χ1) is 15.4. The Kier molecular flexibility index (Phi) is 7.22. The molecule has 1 unspecified atom stereocenters. The van der Waals surface area contributed by atoms with E-state index in [0.717, 1.165) is 5.56 Å². The number of carbonyl (C=O) groups is 2. The van der Waals surface area contributed by atoms with Crippen LogP contribution < -0.4 is 16.2 Å². The van der Waals surface area contributed by atoms with Crippen molar-refractivity contribution >= 4 is 17.7 Å². The summed E-state index contributed by atoms with van der Waals surface area (Å²) in [6.07, 6.45) is 1.22. The Morgan fingerprint density at radius 3 is 2.59 bits per heavy atom. The Labute approximate surface area is 184 Å². The number of benzene rings is 1. The lowest BCUT2D eigenvalue weighted by molar-refractivity contribution is -0.143. The first kappa shape index (κ1) is 22.5. The molecule has 0 aliphatic heterocycles. The van der Waals surface area contributed by atoms with E-state index in [-0.39, 0.29) is 24.5 Å². The van der Waals surface area contributed by atoms with Gasteiger partial charge in [0.25, 0.3) is 5.56 Å². The number of nitrogens with one attached hydrogen (secondary N) is 2. The third-order valence-corrected chi connectivity index (χ3v) is 4.66. The SMILES string of the molecule is CCOC(=O)CC(NC(=O)Nc1c(O)ccn(C)c1=O)c1cccc(-c2ccccc2)n1. The van der Waals surface area contributed by atoms with Crippen molar-refractivity contribution in [2.75, 3.05) is 11.9 Å². The topological polar surface area (TPSA) is 123 Å². The second-order valence-electron chi connectivity index (χ2n) is 6.97. The minimum atomic E-state index is -0.826. The minimum Gasteiger partial charge on any atom is -0.505 e. The molecule has 9 nitrogen and oxygen atoms in total. The molecule has 0 spiro atoms. The molecule has 9 heteroatoms. The monoisotopic (exact) mass is 436 g/mol. The van der Waals surface area contributed by atoms with Gasteiger partial charge in [-0.15, -0.1) is 0 Å². The molecule has 2 aromatic heterocycles. The molecule has 32 heavy (non-hydrogen) atoms. The van der Waals surface area contributed by atoms with E-state index in [1.165, 1.54) is 23.9 Å². The van der Waals surface area contributed by atoms with Crippen LogP contribution in [0.15, 0.2) is 65.6 Å². The van der Waals surface area contributed by atoms with Gasteiger partial charge < -0.3 is 25.0 Å². The molecule has 0 fully saturated rings.